The van der Waals surface area contributed by atoms with E-state index in [1.165, 1.54) is 4.90 Å². The Hall–Kier alpha value is -3.48. The van der Waals surface area contributed by atoms with Gasteiger partial charge in [-0.15, -0.1) is 0 Å². The Morgan fingerprint density at radius 2 is 1.92 bits per heavy atom. The molecule has 0 saturated carbocycles. The van der Waals surface area contributed by atoms with Gasteiger partial charge in [0.2, 0.25) is 12.4 Å². The lowest BCUT2D eigenvalue weighted by molar-refractivity contribution is -0.115. The molecule has 7 nitrogen and oxygen atoms in total. The van der Waals surface area contributed by atoms with E-state index in [0.29, 0.717) is 5.95 Å². The molecule has 3 N–H and O–H groups in total. The summed E-state index contributed by atoms with van der Waals surface area (Å²) in [4.78, 5) is 23.7. The first-order chi connectivity index (χ1) is 12.5. The molecule has 0 bridgehead atoms. The highest BCUT2D eigenvalue weighted by molar-refractivity contribution is 5.64. The summed E-state index contributed by atoms with van der Waals surface area (Å²) in [7, 11) is 3.38. The smallest absolute Gasteiger partial charge is 0.227 e. The van der Waals surface area contributed by atoms with Crippen molar-refractivity contribution >= 4 is 23.7 Å². The van der Waals surface area contributed by atoms with E-state index in [9.17, 15) is 4.79 Å². The third-order valence-corrected chi connectivity index (χ3v) is 3.36. The number of benzene rings is 1. The van der Waals surface area contributed by atoms with Crippen LogP contribution in [0.4, 0.5) is 17.3 Å². The molecule has 1 amide bonds. The van der Waals surface area contributed by atoms with Gasteiger partial charge in [0.1, 0.15) is 0 Å². The molecule has 0 aliphatic rings. The van der Waals surface area contributed by atoms with E-state index >= 15 is 0 Å². The first-order valence-electron chi connectivity index (χ1n) is 7.98. The zero-order valence-electron chi connectivity index (χ0n) is 15.0. The summed E-state index contributed by atoms with van der Waals surface area (Å²) in [5.41, 5.74) is 10.3. The number of hydrogen-bond acceptors (Lipinski definition) is 6. The van der Waals surface area contributed by atoms with Gasteiger partial charge in [-0.2, -0.15) is 0 Å². The van der Waals surface area contributed by atoms with E-state index in [1.54, 1.807) is 32.7 Å². The Balaban J connectivity index is 0.000000431. The molecule has 3 rings (SSSR count). The van der Waals surface area contributed by atoms with Gasteiger partial charge in [0.05, 0.1) is 5.69 Å². The van der Waals surface area contributed by atoms with Crippen LogP contribution in [0.3, 0.4) is 0 Å². The number of hydrogen-bond donors (Lipinski definition) is 2. The Morgan fingerprint density at radius 3 is 2.54 bits per heavy atom. The Morgan fingerprint density at radius 1 is 1.15 bits per heavy atom. The maximum atomic E-state index is 9.43. The summed E-state index contributed by atoms with van der Waals surface area (Å²) in [6.45, 7) is 1.97. The van der Waals surface area contributed by atoms with Gasteiger partial charge < -0.3 is 16.0 Å². The van der Waals surface area contributed by atoms with Crippen molar-refractivity contribution in [1.82, 2.24) is 19.9 Å². The average molecular weight is 350 g/mol. The van der Waals surface area contributed by atoms with Crippen LogP contribution in [0.15, 0.2) is 55.0 Å². The van der Waals surface area contributed by atoms with Crippen LogP contribution in [0.5, 0.6) is 0 Å². The summed E-state index contributed by atoms with van der Waals surface area (Å²) >= 11 is 0. The van der Waals surface area contributed by atoms with E-state index in [4.69, 9.17) is 5.73 Å². The summed E-state index contributed by atoms with van der Waals surface area (Å²) in [6.07, 6.45) is 5.98. The highest BCUT2D eigenvalue weighted by Crippen LogP contribution is 2.21. The van der Waals surface area contributed by atoms with Gasteiger partial charge in [0.25, 0.3) is 0 Å². The fourth-order valence-corrected chi connectivity index (χ4v) is 1.94. The van der Waals surface area contributed by atoms with Gasteiger partial charge in [-0.1, -0.05) is 6.07 Å². The Kier molecular flexibility index (Phi) is 6.61. The third-order valence-electron chi connectivity index (χ3n) is 3.36. The first-order valence-corrected chi connectivity index (χ1v) is 7.98. The molecule has 1 aromatic carbocycles. The number of aromatic nitrogens is 3. The fraction of sp³-hybridized carbons (Fsp3) is 0.158. The van der Waals surface area contributed by atoms with Crippen LogP contribution in [0.2, 0.25) is 0 Å². The van der Waals surface area contributed by atoms with Crippen LogP contribution in [0.1, 0.15) is 5.56 Å². The van der Waals surface area contributed by atoms with Crippen LogP contribution >= 0.6 is 0 Å². The summed E-state index contributed by atoms with van der Waals surface area (Å²) in [5.74, 6) is 0.527. The van der Waals surface area contributed by atoms with Gasteiger partial charge in [0, 0.05) is 49.6 Å². The second kappa shape index (κ2) is 9.12. The SMILES string of the molecule is CN(C)C=O.Cc1ccc(Nc2nccc(-c3cccnc3)n2)cc1N. The number of nitrogens with one attached hydrogen (secondary N) is 1. The van der Waals surface area contributed by atoms with Crippen molar-refractivity contribution < 1.29 is 4.79 Å². The van der Waals surface area contributed by atoms with Crippen molar-refractivity contribution in [2.75, 3.05) is 25.1 Å². The molecule has 26 heavy (non-hydrogen) atoms. The molecule has 0 radical (unpaired) electrons. The molecular formula is C19H22N6O. The molecule has 0 atom stereocenters. The van der Waals surface area contributed by atoms with Crippen molar-refractivity contribution in [2.24, 2.45) is 0 Å². The largest absolute Gasteiger partial charge is 0.398 e. The molecule has 0 saturated heterocycles. The van der Waals surface area contributed by atoms with Crippen molar-refractivity contribution in [3.8, 4) is 11.3 Å². The van der Waals surface area contributed by atoms with E-state index in [1.807, 2.05) is 43.3 Å². The van der Waals surface area contributed by atoms with Gasteiger partial charge in [0.15, 0.2) is 0 Å². The standard InChI is InChI=1S/C16H15N5.C3H7NO/c1-11-4-5-13(9-14(11)17)20-16-19-8-6-15(21-16)12-3-2-7-18-10-12;1-4(2)3-5/h2-10H,17H2,1H3,(H,19,20,21);3H,1-2H3. The molecule has 0 fully saturated rings. The minimum Gasteiger partial charge on any atom is -0.398 e. The second-order valence-corrected chi connectivity index (χ2v) is 5.77. The van der Waals surface area contributed by atoms with Crippen LogP contribution < -0.4 is 11.1 Å². The van der Waals surface area contributed by atoms with Gasteiger partial charge in [-0.25, -0.2) is 9.97 Å². The average Bonchev–Trinajstić information content (AvgIpc) is 2.66. The number of carbonyl (C=O) groups is 1. The fourth-order valence-electron chi connectivity index (χ4n) is 1.94. The molecule has 2 aromatic heterocycles. The number of rotatable bonds is 4. The summed E-state index contributed by atoms with van der Waals surface area (Å²) in [6, 6.07) is 11.5. The molecule has 2 heterocycles. The van der Waals surface area contributed by atoms with Gasteiger partial charge >= 0.3 is 0 Å². The minimum absolute atomic E-state index is 0.527. The number of nitrogens with zero attached hydrogens (tertiary/aromatic N) is 4. The Bertz CT molecular complexity index is 852. The van der Waals surface area contributed by atoms with Crippen LogP contribution in [-0.4, -0.2) is 40.4 Å². The molecule has 0 unspecified atom stereocenters. The van der Waals surface area contributed by atoms with E-state index in [-0.39, 0.29) is 0 Å². The molecule has 3 aromatic rings. The van der Waals surface area contributed by atoms with Gasteiger partial charge in [-0.3, -0.25) is 9.78 Å². The molecule has 0 spiro atoms. The second-order valence-electron chi connectivity index (χ2n) is 5.77. The Labute approximate surface area is 152 Å². The van der Waals surface area contributed by atoms with Gasteiger partial charge in [-0.05, 0) is 42.8 Å². The molecule has 0 aliphatic carbocycles. The quantitative estimate of drug-likeness (QED) is 0.555. The monoisotopic (exact) mass is 350 g/mol. The number of nitrogen functional groups attached to an aromatic ring is 1. The molecule has 134 valence electrons. The predicted molar refractivity (Wildman–Crippen MR) is 104 cm³/mol. The minimum atomic E-state index is 0.527. The number of anilines is 3. The lowest BCUT2D eigenvalue weighted by atomic mass is 10.2. The van der Waals surface area contributed by atoms with Crippen LogP contribution in [-0.2, 0) is 4.79 Å². The van der Waals surface area contributed by atoms with E-state index in [2.05, 4.69) is 20.3 Å². The zero-order chi connectivity index (χ0) is 18.9. The topological polar surface area (TPSA) is 97.0 Å². The number of pyridine rings is 1. The highest BCUT2D eigenvalue weighted by atomic mass is 16.1. The van der Waals surface area contributed by atoms with Crippen molar-refractivity contribution in [3.63, 3.8) is 0 Å². The van der Waals surface area contributed by atoms with Crippen LogP contribution in [0, 0.1) is 6.92 Å². The highest BCUT2D eigenvalue weighted by Gasteiger charge is 2.03. The maximum absolute atomic E-state index is 9.43. The van der Waals surface area contributed by atoms with E-state index < -0.39 is 0 Å². The number of aryl methyl sites for hydroxylation is 1. The summed E-state index contributed by atoms with van der Waals surface area (Å²) in [5, 5.41) is 3.16. The lowest BCUT2D eigenvalue weighted by Crippen LogP contribution is -2.06. The maximum Gasteiger partial charge on any atom is 0.227 e. The number of nitrogens with two attached hydrogens (primary N) is 1. The molecule has 0 aliphatic heterocycles. The van der Waals surface area contributed by atoms with Crippen molar-refractivity contribution in [2.45, 2.75) is 6.92 Å². The lowest BCUT2D eigenvalue weighted by Gasteiger charge is -2.08. The van der Waals surface area contributed by atoms with E-state index in [0.717, 1.165) is 34.6 Å². The molecular weight excluding hydrogens is 328 g/mol. The number of carbonyl (C=O) groups excluding carboxylic acids is 1. The zero-order valence-corrected chi connectivity index (χ0v) is 15.0. The van der Waals surface area contributed by atoms with Crippen molar-refractivity contribution in [3.05, 3.63) is 60.6 Å². The van der Waals surface area contributed by atoms with Crippen LogP contribution in [0.25, 0.3) is 11.3 Å². The normalized spacial score (nSPS) is 9.65. The number of amides is 1. The predicted octanol–water partition coefficient (Wildman–Crippen LogP) is 2.88. The first kappa shape index (κ1) is 18.9. The third kappa shape index (κ3) is 5.55. The van der Waals surface area contributed by atoms with Crippen molar-refractivity contribution in [1.29, 1.82) is 0 Å². The molecule has 7 heteroatoms. The summed E-state index contributed by atoms with van der Waals surface area (Å²) < 4.78 is 0.